The van der Waals surface area contributed by atoms with Crippen LogP contribution in [0.5, 0.6) is 5.75 Å². The van der Waals surface area contributed by atoms with E-state index in [0.717, 1.165) is 23.3 Å². The van der Waals surface area contributed by atoms with Crippen molar-refractivity contribution in [3.05, 3.63) is 59.9 Å². The maximum Gasteiger partial charge on any atom is 0.242 e. The van der Waals surface area contributed by atoms with Gasteiger partial charge >= 0.3 is 0 Å². The Hall–Kier alpha value is -2.89. The highest BCUT2D eigenvalue weighted by Crippen LogP contribution is 2.16. The molecule has 0 fully saturated rings. The number of rotatable bonds is 9. The summed E-state index contributed by atoms with van der Waals surface area (Å²) in [6, 6.07) is 10.7. The van der Waals surface area contributed by atoms with Crippen LogP contribution in [0.2, 0.25) is 0 Å². The molecule has 0 saturated carbocycles. The first-order chi connectivity index (χ1) is 13.0. The summed E-state index contributed by atoms with van der Waals surface area (Å²) in [6.07, 6.45) is 4.55. The van der Waals surface area contributed by atoms with Gasteiger partial charge in [-0.05, 0) is 42.7 Å². The summed E-state index contributed by atoms with van der Waals surface area (Å²) in [6.45, 7) is 4.48. The number of aromatic nitrogens is 1. The molecule has 0 radical (unpaired) electrons. The van der Waals surface area contributed by atoms with Crippen LogP contribution in [0, 0.1) is 0 Å². The van der Waals surface area contributed by atoms with Gasteiger partial charge in [0.05, 0.1) is 7.11 Å². The van der Waals surface area contributed by atoms with Gasteiger partial charge in [-0.15, -0.1) is 0 Å². The van der Waals surface area contributed by atoms with E-state index >= 15 is 0 Å². The molecule has 2 aromatic rings. The molecule has 6 nitrogen and oxygen atoms in total. The molecule has 0 saturated heterocycles. The number of carbonyl (C=O) groups excluding carboxylic acids is 2. The third-order valence-corrected chi connectivity index (χ3v) is 4.33. The topological polar surface area (TPSA) is 71.5 Å². The summed E-state index contributed by atoms with van der Waals surface area (Å²) in [4.78, 5) is 30.9. The van der Waals surface area contributed by atoms with Crippen molar-refractivity contribution in [3.63, 3.8) is 0 Å². The van der Waals surface area contributed by atoms with Crippen molar-refractivity contribution >= 4 is 11.8 Å². The lowest BCUT2D eigenvalue weighted by atomic mass is 10.1. The number of nitrogens with zero attached hydrogens (tertiary/aromatic N) is 2. The molecule has 0 spiro atoms. The minimum Gasteiger partial charge on any atom is -0.497 e. The second-order valence-corrected chi connectivity index (χ2v) is 6.37. The van der Waals surface area contributed by atoms with Crippen molar-refractivity contribution in [2.75, 3.05) is 7.11 Å². The van der Waals surface area contributed by atoms with Crippen LogP contribution in [0.15, 0.2) is 48.8 Å². The largest absolute Gasteiger partial charge is 0.497 e. The highest BCUT2D eigenvalue weighted by atomic mass is 16.5. The van der Waals surface area contributed by atoms with E-state index in [1.54, 1.807) is 31.3 Å². The third-order valence-electron chi connectivity index (χ3n) is 4.33. The van der Waals surface area contributed by atoms with Crippen molar-refractivity contribution in [3.8, 4) is 5.75 Å². The van der Waals surface area contributed by atoms with Gasteiger partial charge in [0.25, 0.3) is 0 Å². The van der Waals surface area contributed by atoms with E-state index in [1.807, 2.05) is 43.3 Å². The van der Waals surface area contributed by atoms with E-state index in [1.165, 1.54) is 0 Å². The molecule has 1 aromatic carbocycles. The summed E-state index contributed by atoms with van der Waals surface area (Å²) >= 11 is 0. The van der Waals surface area contributed by atoms with Crippen LogP contribution in [0.25, 0.3) is 0 Å². The Morgan fingerprint density at radius 3 is 2.52 bits per heavy atom. The SMILES string of the molecule is CCCC(=O)N(Cc1ccc(OC)cc1)[C@@H](C)C(=O)NCc1cccnc1. The molecular formula is C21H27N3O3. The number of hydrogen-bond acceptors (Lipinski definition) is 4. The van der Waals surface area contributed by atoms with Crippen LogP contribution < -0.4 is 10.1 Å². The zero-order valence-corrected chi connectivity index (χ0v) is 16.1. The fourth-order valence-electron chi connectivity index (χ4n) is 2.71. The van der Waals surface area contributed by atoms with Crippen LogP contribution in [-0.2, 0) is 22.7 Å². The lowest BCUT2D eigenvalue weighted by Crippen LogP contribution is -2.47. The van der Waals surface area contributed by atoms with Crippen molar-refractivity contribution in [1.29, 1.82) is 0 Å². The Balaban J connectivity index is 2.06. The molecule has 1 atom stereocenters. The van der Waals surface area contributed by atoms with Crippen molar-refractivity contribution in [2.45, 2.75) is 45.8 Å². The molecule has 0 aliphatic carbocycles. The monoisotopic (exact) mass is 369 g/mol. The molecule has 6 heteroatoms. The Morgan fingerprint density at radius 1 is 1.19 bits per heavy atom. The Kier molecular flexibility index (Phi) is 7.79. The van der Waals surface area contributed by atoms with Crippen LogP contribution in [0.1, 0.15) is 37.8 Å². The maximum atomic E-state index is 12.6. The van der Waals surface area contributed by atoms with Crippen molar-refractivity contribution in [2.24, 2.45) is 0 Å². The second-order valence-electron chi connectivity index (χ2n) is 6.37. The van der Waals surface area contributed by atoms with Gasteiger partial charge in [-0.1, -0.05) is 25.1 Å². The number of carbonyl (C=O) groups is 2. The van der Waals surface area contributed by atoms with Crippen molar-refractivity contribution < 1.29 is 14.3 Å². The van der Waals surface area contributed by atoms with Gasteiger partial charge in [-0.25, -0.2) is 0 Å². The first kappa shape index (κ1) is 20.4. The highest BCUT2D eigenvalue weighted by molar-refractivity contribution is 5.87. The minimum absolute atomic E-state index is 0.0302. The fourth-order valence-corrected chi connectivity index (χ4v) is 2.71. The molecule has 1 heterocycles. The van der Waals surface area contributed by atoms with E-state index < -0.39 is 6.04 Å². The van der Waals surface area contributed by atoms with Gasteiger partial charge in [0.2, 0.25) is 11.8 Å². The first-order valence-corrected chi connectivity index (χ1v) is 9.14. The number of amides is 2. The maximum absolute atomic E-state index is 12.6. The summed E-state index contributed by atoms with van der Waals surface area (Å²) in [7, 11) is 1.61. The molecule has 0 bridgehead atoms. The summed E-state index contributed by atoms with van der Waals surface area (Å²) in [5.74, 6) is 0.543. The average Bonchev–Trinajstić information content (AvgIpc) is 2.71. The van der Waals surface area contributed by atoms with Gasteiger partial charge in [0, 0.05) is 31.9 Å². The van der Waals surface area contributed by atoms with E-state index in [9.17, 15) is 9.59 Å². The molecule has 2 rings (SSSR count). The van der Waals surface area contributed by atoms with E-state index in [0.29, 0.717) is 19.5 Å². The molecule has 2 amide bonds. The highest BCUT2D eigenvalue weighted by Gasteiger charge is 2.25. The van der Waals surface area contributed by atoms with Gasteiger partial charge < -0.3 is 15.0 Å². The molecule has 0 unspecified atom stereocenters. The molecule has 27 heavy (non-hydrogen) atoms. The fraction of sp³-hybridized carbons (Fsp3) is 0.381. The molecule has 1 N–H and O–H groups in total. The number of hydrogen-bond donors (Lipinski definition) is 1. The van der Waals surface area contributed by atoms with Gasteiger partial charge in [-0.2, -0.15) is 0 Å². The minimum atomic E-state index is -0.567. The van der Waals surface area contributed by atoms with Crippen LogP contribution in [-0.4, -0.2) is 34.8 Å². The predicted octanol–water partition coefficient (Wildman–Crippen LogP) is 2.92. The van der Waals surface area contributed by atoms with E-state index in [4.69, 9.17) is 4.74 Å². The van der Waals surface area contributed by atoms with Crippen LogP contribution in [0.3, 0.4) is 0 Å². The number of pyridine rings is 1. The first-order valence-electron chi connectivity index (χ1n) is 9.14. The predicted molar refractivity (Wildman–Crippen MR) is 104 cm³/mol. The summed E-state index contributed by atoms with van der Waals surface area (Å²) in [5, 5.41) is 2.89. The molecular weight excluding hydrogens is 342 g/mol. The van der Waals surface area contributed by atoms with Gasteiger partial charge in [0.15, 0.2) is 0 Å². The molecule has 1 aromatic heterocycles. The second kappa shape index (κ2) is 10.3. The molecule has 0 aliphatic heterocycles. The number of ether oxygens (including phenoxy) is 1. The van der Waals surface area contributed by atoms with Crippen molar-refractivity contribution in [1.82, 2.24) is 15.2 Å². The zero-order valence-electron chi connectivity index (χ0n) is 16.1. The van der Waals surface area contributed by atoms with Gasteiger partial charge in [-0.3, -0.25) is 14.6 Å². The van der Waals surface area contributed by atoms with E-state index in [2.05, 4.69) is 10.3 Å². The zero-order chi connectivity index (χ0) is 19.6. The normalized spacial score (nSPS) is 11.5. The lowest BCUT2D eigenvalue weighted by Gasteiger charge is -2.29. The average molecular weight is 369 g/mol. The lowest BCUT2D eigenvalue weighted by molar-refractivity contribution is -0.140. The van der Waals surface area contributed by atoms with Crippen LogP contribution >= 0.6 is 0 Å². The molecule has 144 valence electrons. The van der Waals surface area contributed by atoms with Crippen LogP contribution in [0.4, 0.5) is 0 Å². The van der Waals surface area contributed by atoms with E-state index in [-0.39, 0.29) is 11.8 Å². The number of methoxy groups -OCH3 is 1. The summed E-state index contributed by atoms with van der Waals surface area (Å²) < 4.78 is 5.17. The standard InChI is InChI=1S/C21H27N3O3/c1-4-6-20(25)24(15-17-8-10-19(27-3)11-9-17)16(2)21(26)23-14-18-7-5-12-22-13-18/h5,7-13,16H,4,6,14-15H2,1-3H3,(H,23,26)/t16-/m0/s1. The quantitative estimate of drug-likeness (QED) is 0.738. The Bertz CT molecular complexity index is 732. The number of nitrogens with one attached hydrogen (secondary N) is 1. The van der Waals surface area contributed by atoms with Gasteiger partial charge in [0.1, 0.15) is 11.8 Å². The Morgan fingerprint density at radius 2 is 1.93 bits per heavy atom. The molecule has 0 aliphatic rings. The summed E-state index contributed by atoms with van der Waals surface area (Å²) in [5.41, 5.74) is 1.87. The third kappa shape index (κ3) is 6.09. The Labute approximate surface area is 160 Å². The smallest absolute Gasteiger partial charge is 0.242 e. The number of benzene rings is 1.